The van der Waals surface area contributed by atoms with Crippen LogP contribution in [0.5, 0.6) is 0 Å². The zero-order valence-electron chi connectivity index (χ0n) is 8.07. The van der Waals surface area contributed by atoms with Gasteiger partial charge in [-0.2, -0.15) is 0 Å². The second-order valence-electron chi connectivity index (χ2n) is 3.83. The number of aryl methyl sites for hydroxylation is 2. The van der Waals surface area contributed by atoms with Crippen LogP contribution in [0.4, 0.5) is 0 Å². The quantitative estimate of drug-likeness (QED) is 0.684. The first kappa shape index (κ1) is 8.00. The minimum Gasteiger partial charge on any atom is -0.388 e. The Bertz CT molecular complexity index is 501. The predicted octanol–water partition coefficient (Wildman–Crippen LogP) is 1.78. The molecule has 3 rings (SSSR count). The van der Waals surface area contributed by atoms with E-state index in [1.165, 1.54) is 0 Å². The Balaban J connectivity index is 2.47. The van der Waals surface area contributed by atoms with E-state index >= 15 is 0 Å². The van der Waals surface area contributed by atoms with E-state index in [0.717, 1.165) is 35.4 Å². The average Bonchev–Trinajstić information content (AvgIpc) is 2.50. The van der Waals surface area contributed by atoms with Gasteiger partial charge in [0, 0.05) is 12.1 Å². The average molecular weight is 188 g/mol. The van der Waals surface area contributed by atoms with Crippen molar-refractivity contribution in [3.63, 3.8) is 0 Å². The summed E-state index contributed by atoms with van der Waals surface area (Å²) in [6, 6.07) is 5.95. The summed E-state index contributed by atoms with van der Waals surface area (Å²) in [4.78, 5) is 4.47. The molecule has 1 aromatic carbocycles. The largest absolute Gasteiger partial charge is 0.388 e. The molecule has 0 fully saturated rings. The predicted molar refractivity (Wildman–Crippen MR) is 54.0 cm³/mol. The van der Waals surface area contributed by atoms with E-state index in [2.05, 4.69) is 9.55 Å². The fourth-order valence-electron chi connectivity index (χ4n) is 2.28. The first-order valence-corrected chi connectivity index (χ1v) is 4.91. The number of benzene rings is 1. The zero-order valence-corrected chi connectivity index (χ0v) is 8.07. The van der Waals surface area contributed by atoms with Crippen molar-refractivity contribution >= 4 is 11.0 Å². The molecule has 72 valence electrons. The standard InChI is InChI=1S/C11H12N2O/c1-7-12-9-4-2-3-8-10(14)5-6-13(7)11(8)9/h2-4,10,14H,5-6H2,1H3. The highest BCUT2D eigenvalue weighted by Crippen LogP contribution is 2.31. The third kappa shape index (κ3) is 0.876. The zero-order chi connectivity index (χ0) is 9.71. The Morgan fingerprint density at radius 3 is 3.21 bits per heavy atom. The Labute approximate surface area is 82.0 Å². The van der Waals surface area contributed by atoms with Crippen LogP contribution in [0.25, 0.3) is 11.0 Å². The van der Waals surface area contributed by atoms with Gasteiger partial charge in [0.05, 0.1) is 17.1 Å². The highest BCUT2D eigenvalue weighted by atomic mass is 16.3. The maximum absolute atomic E-state index is 9.84. The molecule has 0 radical (unpaired) electrons. The molecule has 0 bridgehead atoms. The number of imidazole rings is 1. The minimum absolute atomic E-state index is 0.317. The van der Waals surface area contributed by atoms with Crippen molar-refractivity contribution in [1.82, 2.24) is 9.55 Å². The molecule has 1 aliphatic heterocycles. The number of para-hydroxylation sites is 1. The number of hydrogen-bond acceptors (Lipinski definition) is 2. The van der Waals surface area contributed by atoms with Crippen LogP contribution in [0, 0.1) is 6.92 Å². The molecule has 1 unspecified atom stereocenters. The van der Waals surface area contributed by atoms with Gasteiger partial charge in [0.25, 0.3) is 0 Å². The molecule has 2 aromatic rings. The molecule has 0 aliphatic carbocycles. The second kappa shape index (κ2) is 2.58. The van der Waals surface area contributed by atoms with Crippen LogP contribution in [0.2, 0.25) is 0 Å². The van der Waals surface area contributed by atoms with E-state index < -0.39 is 0 Å². The molecule has 2 heterocycles. The summed E-state index contributed by atoms with van der Waals surface area (Å²) in [5, 5.41) is 9.84. The van der Waals surface area contributed by atoms with Gasteiger partial charge < -0.3 is 9.67 Å². The fourth-order valence-corrected chi connectivity index (χ4v) is 2.28. The number of aliphatic hydroxyl groups is 1. The molecular formula is C11H12N2O. The van der Waals surface area contributed by atoms with Gasteiger partial charge in [-0.3, -0.25) is 0 Å². The van der Waals surface area contributed by atoms with Crippen LogP contribution in [0.3, 0.4) is 0 Å². The molecular weight excluding hydrogens is 176 g/mol. The van der Waals surface area contributed by atoms with Crippen molar-refractivity contribution in [1.29, 1.82) is 0 Å². The maximum Gasteiger partial charge on any atom is 0.106 e. The number of rotatable bonds is 0. The summed E-state index contributed by atoms with van der Waals surface area (Å²) < 4.78 is 2.19. The summed E-state index contributed by atoms with van der Waals surface area (Å²) in [6.45, 7) is 2.89. The van der Waals surface area contributed by atoms with Crippen molar-refractivity contribution in [2.75, 3.05) is 0 Å². The Morgan fingerprint density at radius 2 is 2.36 bits per heavy atom. The summed E-state index contributed by atoms with van der Waals surface area (Å²) in [6.07, 6.45) is 0.478. The van der Waals surface area contributed by atoms with Crippen LogP contribution in [0.15, 0.2) is 18.2 Å². The van der Waals surface area contributed by atoms with Gasteiger partial charge in [0.1, 0.15) is 5.82 Å². The highest BCUT2D eigenvalue weighted by molar-refractivity contribution is 5.80. The number of hydrogen-bond donors (Lipinski definition) is 1. The van der Waals surface area contributed by atoms with Gasteiger partial charge in [0.2, 0.25) is 0 Å². The maximum atomic E-state index is 9.84. The van der Waals surface area contributed by atoms with Crippen LogP contribution in [0.1, 0.15) is 23.9 Å². The molecule has 1 aliphatic rings. The number of aliphatic hydroxyl groups excluding tert-OH is 1. The van der Waals surface area contributed by atoms with Crippen molar-refractivity contribution < 1.29 is 5.11 Å². The normalized spacial score (nSPS) is 20.3. The topological polar surface area (TPSA) is 38.0 Å². The highest BCUT2D eigenvalue weighted by Gasteiger charge is 2.21. The van der Waals surface area contributed by atoms with E-state index in [9.17, 15) is 5.11 Å². The third-order valence-electron chi connectivity index (χ3n) is 2.97. The lowest BCUT2D eigenvalue weighted by Gasteiger charge is -2.20. The molecule has 14 heavy (non-hydrogen) atoms. The van der Waals surface area contributed by atoms with Crippen molar-refractivity contribution in [2.24, 2.45) is 0 Å². The molecule has 1 aromatic heterocycles. The van der Waals surface area contributed by atoms with Gasteiger partial charge in [-0.15, -0.1) is 0 Å². The molecule has 0 saturated carbocycles. The van der Waals surface area contributed by atoms with Crippen LogP contribution in [-0.4, -0.2) is 14.7 Å². The first-order chi connectivity index (χ1) is 6.77. The van der Waals surface area contributed by atoms with Gasteiger partial charge >= 0.3 is 0 Å². The van der Waals surface area contributed by atoms with E-state index in [4.69, 9.17) is 0 Å². The lowest BCUT2D eigenvalue weighted by molar-refractivity contribution is 0.156. The van der Waals surface area contributed by atoms with Crippen molar-refractivity contribution in [2.45, 2.75) is 26.0 Å². The smallest absolute Gasteiger partial charge is 0.106 e. The van der Waals surface area contributed by atoms with Crippen molar-refractivity contribution in [3.8, 4) is 0 Å². The van der Waals surface area contributed by atoms with Gasteiger partial charge in [-0.25, -0.2) is 4.98 Å². The summed E-state index contributed by atoms with van der Waals surface area (Å²) in [5.74, 6) is 1.04. The third-order valence-corrected chi connectivity index (χ3v) is 2.97. The lowest BCUT2D eigenvalue weighted by atomic mass is 10.0. The van der Waals surface area contributed by atoms with Crippen LogP contribution in [-0.2, 0) is 6.54 Å². The number of nitrogens with zero attached hydrogens (tertiary/aromatic N) is 2. The minimum atomic E-state index is -0.317. The molecule has 0 amide bonds. The van der Waals surface area contributed by atoms with E-state index in [-0.39, 0.29) is 6.10 Å². The number of aromatic nitrogens is 2. The summed E-state index contributed by atoms with van der Waals surface area (Å²) in [7, 11) is 0. The Kier molecular flexibility index (Phi) is 1.47. The van der Waals surface area contributed by atoms with Crippen LogP contribution < -0.4 is 0 Å². The van der Waals surface area contributed by atoms with E-state index in [1.54, 1.807) is 0 Å². The monoisotopic (exact) mass is 188 g/mol. The van der Waals surface area contributed by atoms with Crippen molar-refractivity contribution in [3.05, 3.63) is 29.6 Å². The summed E-state index contributed by atoms with van der Waals surface area (Å²) >= 11 is 0. The van der Waals surface area contributed by atoms with E-state index in [0.29, 0.717) is 0 Å². The molecule has 3 heteroatoms. The molecule has 0 saturated heterocycles. The Hall–Kier alpha value is -1.35. The fraction of sp³-hybridized carbons (Fsp3) is 0.364. The first-order valence-electron chi connectivity index (χ1n) is 4.91. The Morgan fingerprint density at radius 1 is 1.50 bits per heavy atom. The van der Waals surface area contributed by atoms with Crippen LogP contribution >= 0.6 is 0 Å². The van der Waals surface area contributed by atoms with Gasteiger partial charge in [0.15, 0.2) is 0 Å². The second-order valence-corrected chi connectivity index (χ2v) is 3.83. The summed E-state index contributed by atoms with van der Waals surface area (Å²) in [5.41, 5.74) is 3.14. The van der Waals surface area contributed by atoms with E-state index in [1.807, 2.05) is 25.1 Å². The molecule has 3 nitrogen and oxygen atoms in total. The van der Waals surface area contributed by atoms with Gasteiger partial charge in [-0.05, 0) is 19.4 Å². The SMILES string of the molecule is Cc1nc2cccc3c2n1CCC3O. The molecule has 0 spiro atoms. The molecule has 1 N–H and O–H groups in total. The molecule has 1 atom stereocenters. The lowest BCUT2D eigenvalue weighted by Crippen LogP contribution is -2.13. The van der Waals surface area contributed by atoms with Gasteiger partial charge in [-0.1, -0.05) is 12.1 Å².